The van der Waals surface area contributed by atoms with Crippen LogP contribution in [-0.2, 0) is 0 Å². The van der Waals surface area contributed by atoms with Gasteiger partial charge in [-0.05, 0) is 20.3 Å². The number of ether oxygens (including phenoxy) is 1. The van der Waals surface area contributed by atoms with Gasteiger partial charge in [-0.1, -0.05) is 6.92 Å². The van der Waals surface area contributed by atoms with Gasteiger partial charge in [0.05, 0.1) is 6.61 Å². The SMILES string of the molecule is CCNc1nc(OCC)nc(N2CCSC(CC)C2)n1. The molecule has 0 saturated carbocycles. The molecule has 2 rings (SSSR count). The number of hydrogen-bond acceptors (Lipinski definition) is 7. The van der Waals surface area contributed by atoms with Crippen molar-refractivity contribution in [2.24, 2.45) is 0 Å². The molecule has 0 aliphatic carbocycles. The maximum atomic E-state index is 5.44. The fourth-order valence-corrected chi connectivity index (χ4v) is 3.25. The summed E-state index contributed by atoms with van der Waals surface area (Å²) in [5.41, 5.74) is 0. The summed E-state index contributed by atoms with van der Waals surface area (Å²) in [4.78, 5) is 15.4. The van der Waals surface area contributed by atoms with Crippen LogP contribution in [0.5, 0.6) is 6.01 Å². The number of rotatable bonds is 6. The third kappa shape index (κ3) is 3.88. The molecule has 0 bridgehead atoms. The fourth-order valence-electron chi connectivity index (χ4n) is 2.07. The van der Waals surface area contributed by atoms with Gasteiger partial charge in [0.25, 0.3) is 0 Å². The maximum Gasteiger partial charge on any atom is 0.323 e. The standard InChI is InChI=1S/C13H23N5OS/c1-4-10-9-18(7-8-20-10)12-15-11(14-5-2)16-13(17-12)19-6-3/h10H,4-9H2,1-3H3,(H,14,15,16,17). The smallest absolute Gasteiger partial charge is 0.323 e. The molecule has 0 radical (unpaired) electrons. The van der Waals surface area contributed by atoms with E-state index in [1.807, 2.05) is 25.6 Å². The highest BCUT2D eigenvalue weighted by atomic mass is 32.2. The van der Waals surface area contributed by atoms with Crippen molar-refractivity contribution in [3.8, 4) is 6.01 Å². The van der Waals surface area contributed by atoms with Crippen molar-refractivity contribution in [1.82, 2.24) is 15.0 Å². The van der Waals surface area contributed by atoms with Crippen molar-refractivity contribution in [3.63, 3.8) is 0 Å². The van der Waals surface area contributed by atoms with E-state index in [9.17, 15) is 0 Å². The molecule has 7 heteroatoms. The molecular weight excluding hydrogens is 274 g/mol. The van der Waals surface area contributed by atoms with Gasteiger partial charge in [-0.15, -0.1) is 0 Å². The Morgan fingerprint density at radius 1 is 1.30 bits per heavy atom. The number of hydrogen-bond donors (Lipinski definition) is 1. The van der Waals surface area contributed by atoms with E-state index in [0.717, 1.165) is 31.3 Å². The summed E-state index contributed by atoms with van der Waals surface area (Å²) in [7, 11) is 0. The molecular formula is C13H23N5OS. The first kappa shape index (κ1) is 15.2. The highest BCUT2D eigenvalue weighted by molar-refractivity contribution is 8.00. The summed E-state index contributed by atoms with van der Waals surface area (Å²) < 4.78 is 5.44. The van der Waals surface area contributed by atoms with E-state index in [1.54, 1.807) is 0 Å². The van der Waals surface area contributed by atoms with Crippen LogP contribution in [-0.4, -0.2) is 52.2 Å². The van der Waals surface area contributed by atoms with Gasteiger partial charge >= 0.3 is 6.01 Å². The summed E-state index contributed by atoms with van der Waals surface area (Å²) in [6, 6.07) is 0.403. The molecule has 1 unspecified atom stereocenters. The highest BCUT2D eigenvalue weighted by Crippen LogP contribution is 2.25. The number of thioether (sulfide) groups is 1. The van der Waals surface area contributed by atoms with Crippen LogP contribution in [0.15, 0.2) is 0 Å². The molecule has 1 saturated heterocycles. The summed E-state index contributed by atoms with van der Waals surface area (Å²) in [6.07, 6.45) is 1.17. The predicted octanol–water partition coefficient (Wildman–Crippen LogP) is 2.03. The second-order valence-electron chi connectivity index (χ2n) is 4.55. The molecule has 1 aliphatic rings. The van der Waals surface area contributed by atoms with Gasteiger partial charge in [-0.2, -0.15) is 26.7 Å². The van der Waals surface area contributed by atoms with Gasteiger partial charge in [-0.3, -0.25) is 0 Å². The van der Waals surface area contributed by atoms with Crippen molar-refractivity contribution >= 4 is 23.7 Å². The summed E-state index contributed by atoms with van der Waals surface area (Å²) in [6.45, 7) is 9.48. The highest BCUT2D eigenvalue weighted by Gasteiger charge is 2.22. The third-order valence-electron chi connectivity index (χ3n) is 3.09. The van der Waals surface area contributed by atoms with Crippen LogP contribution in [0.4, 0.5) is 11.9 Å². The molecule has 1 atom stereocenters. The van der Waals surface area contributed by atoms with Gasteiger partial charge in [0.1, 0.15) is 0 Å². The molecule has 0 aromatic carbocycles. The van der Waals surface area contributed by atoms with Crippen molar-refractivity contribution in [3.05, 3.63) is 0 Å². The topological polar surface area (TPSA) is 63.2 Å². The number of nitrogens with zero attached hydrogens (tertiary/aromatic N) is 4. The van der Waals surface area contributed by atoms with E-state index in [2.05, 4.69) is 32.1 Å². The van der Waals surface area contributed by atoms with Crippen LogP contribution >= 0.6 is 11.8 Å². The van der Waals surface area contributed by atoms with Crippen molar-refractivity contribution < 1.29 is 4.74 Å². The predicted molar refractivity (Wildman–Crippen MR) is 83.9 cm³/mol. The Labute approximate surface area is 124 Å². The molecule has 6 nitrogen and oxygen atoms in total. The zero-order valence-electron chi connectivity index (χ0n) is 12.4. The third-order valence-corrected chi connectivity index (χ3v) is 4.46. The van der Waals surface area contributed by atoms with Crippen LogP contribution in [0, 0.1) is 0 Å². The minimum atomic E-state index is 0.403. The van der Waals surface area contributed by atoms with Crippen LogP contribution in [0.2, 0.25) is 0 Å². The van der Waals surface area contributed by atoms with Crippen molar-refractivity contribution in [2.45, 2.75) is 32.4 Å². The molecule has 0 spiro atoms. The summed E-state index contributed by atoms with van der Waals surface area (Å²) >= 11 is 2.03. The minimum Gasteiger partial charge on any atom is -0.464 e. The molecule has 0 amide bonds. The molecule has 20 heavy (non-hydrogen) atoms. The average Bonchev–Trinajstić information content (AvgIpc) is 2.48. The van der Waals surface area contributed by atoms with Crippen LogP contribution in [0.25, 0.3) is 0 Å². The number of nitrogens with one attached hydrogen (secondary N) is 1. The van der Waals surface area contributed by atoms with Gasteiger partial charge in [0, 0.05) is 30.6 Å². The number of anilines is 2. The molecule has 2 heterocycles. The van der Waals surface area contributed by atoms with E-state index in [0.29, 0.717) is 23.8 Å². The van der Waals surface area contributed by atoms with Crippen molar-refractivity contribution in [1.29, 1.82) is 0 Å². The first-order valence-electron chi connectivity index (χ1n) is 7.26. The Morgan fingerprint density at radius 3 is 2.85 bits per heavy atom. The average molecular weight is 297 g/mol. The zero-order chi connectivity index (χ0) is 14.4. The molecule has 1 N–H and O–H groups in total. The second-order valence-corrected chi connectivity index (χ2v) is 5.96. The Bertz CT molecular complexity index is 407. The minimum absolute atomic E-state index is 0.403. The molecule has 1 aromatic heterocycles. The normalized spacial score (nSPS) is 18.9. The first-order valence-corrected chi connectivity index (χ1v) is 8.31. The first-order chi connectivity index (χ1) is 9.76. The summed E-state index contributed by atoms with van der Waals surface area (Å²) in [5.74, 6) is 2.43. The molecule has 1 fully saturated rings. The van der Waals surface area contributed by atoms with Crippen molar-refractivity contribution in [2.75, 3.05) is 42.2 Å². The van der Waals surface area contributed by atoms with E-state index < -0.39 is 0 Å². The molecule has 112 valence electrons. The second kappa shape index (κ2) is 7.52. The number of aromatic nitrogens is 3. The Kier molecular flexibility index (Phi) is 5.70. The lowest BCUT2D eigenvalue weighted by Crippen LogP contribution is -2.38. The molecule has 1 aromatic rings. The lowest BCUT2D eigenvalue weighted by molar-refractivity contribution is 0.312. The Balaban J connectivity index is 2.19. The van der Waals surface area contributed by atoms with E-state index in [-0.39, 0.29) is 0 Å². The Morgan fingerprint density at radius 2 is 2.15 bits per heavy atom. The Hall–Kier alpha value is -1.24. The van der Waals surface area contributed by atoms with Gasteiger partial charge in [-0.25, -0.2) is 0 Å². The lowest BCUT2D eigenvalue weighted by Gasteiger charge is -2.32. The van der Waals surface area contributed by atoms with E-state index in [4.69, 9.17) is 4.74 Å². The lowest BCUT2D eigenvalue weighted by atomic mass is 10.3. The monoisotopic (exact) mass is 297 g/mol. The zero-order valence-corrected chi connectivity index (χ0v) is 13.2. The van der Waals surface area contributed by atoms with E-state index in [1.165, 1.54) is 6.42 Å². The van der Waals surface area contributed by atoms with Gasteiger partial charge in [0.15, 0.2) is 0 Å². The quantitative estimate of drug-likeness (QED) is 0.862. The van der Waals surface area contributed by atoms with Gasteiger partial charge in [0.2, 0.25) is 11.9 Å². The van der Waals surface area contributed by atoms with Gasteiger partial charge < -0.3 is 15.0 Å². The fraction of sp³-hybridized carbons (Fsp3) is 0.769. The van der Waals surface area contributed by atoms with Crippen LogP contribution in [0.1, 0.15) is 27.2 Å². The van der Waals surface area contributed by atoms with Crippen LogP contribution < -0.4 is 15.0 Å². The van der Waals surface area contributed by atoms with Crippen LogP contribution in [0.3, 0.4) is 0 Å². The largest absolute Gasteiger partial charge is 0.464 e. The van der Waals surface area contributed by atoms with E-state index >= 15 is 0 Å². The maximum absolute atomic E-state index is 5.44. The molecule has 1 aliphatic heterocycles. The summed E-state index contributed by atoms with van der Waals surface area (Å²) in [5, 5.41) is 3.79.